The van der Waals surface area contributed by atoms with Crippen LogP contribution in [0.5, 0.6) is 5.75 Å². The van der Waals surface area contributed by atoms with Gasteiger partial charge in [0.25, 0.3) is 5.91 Å². The zero-order valence-electron chi connectivity index (χ0n) is 22.9. The van der Waals surface area contributed by atoms with Gasteiger partial charge in [0.2, 0.25) is 0 Å². The molecule has 2 aliphatic rings. The van der Waals surface area contributed by atoms with E-state index < -0.39 is 55.9 Å². The summed E-state index contributed by atoms with van der Waals surface area (Å²) in [6.45, 7) is 0.154. The van der Waals surface area contributed by atoms with Crippen molar-refractivity contribution >= 4 is 39.2 Å². The van der Waals surface area contributed by atoms with Crippen molar-refractivity contribution in [1.82, 2.24) is 0 Å². The van der Waals surface area contributed by atoms with Crippen LogP contribution in [0.4, 0.5) is 18.9 Å². The number of nitrogens with one attached hydrogen (secondary N) is 1. The lowest BCUT2D eigenvalue weighted by Crippen LogP contribution is -2.47. The Kier molecular flexibility index (Phi) is 8.73. The van der Waals surface area contributed by atoms with Crippen LogP contribution in [0.15, 0.2) is 64.6 Å². The summed E-state index contributed by atoms with van der Waals surface area (Å²) >= 11 is 6.30. The minimum absolute atomic E-state index is 0.0943. The molecule has 2 saturated carbocycles. The van der Waals surface area contributed by atoms with Gasteiger partial charge in [-0.05, 0) is 73.4 Å². The van der Waals surface area contributed by atoms with Crippen LogP contribution in [0, 0.1) is 29.3 Å². The molecule has 2 unspecified atom stereocenters. The van der Waals surface area contributed by atoms with Crippen molar-refractivity contribution in [3.63, 3.8) is 0 Å². The van der Waals surface area contributed by atoms with E-state index in [-0.39, 0.29) is 40.6 Å². The first-order valence-corrected chi connectivity index (χ1v) is 15.3. The maximum absolute atomic E-state index is 13.9. The van der Waals surface area contributed by atoms with Crippen LogP contribution < -0.4 is 10.1 Å². The molecule has 2 aliphatic carbocycles. The quantitative estimate of drug-likeness (QED) is 0.171. The first-order chi connectivity index (χ1) is 20.4. The van der Waals surface area contributed by atoms with E-state index in [1.807, 2.05) is 12.1 Å². The number of benzene rings is 3. The number of aliphatic hydroxyl groups is 1. The lowest BCUT2D eigenvalue weighted by Gasteiger charge is -2.38. The first-order valence-electron chi connectivity index (χ1n) is 13.4. The minimum atomic E-state index is -4.07. The summed E-state index contributed by atoms with van der Waals surface area (Å²) < 4.78 is 73.4. The number of hydrogen-bond donors (Lipinski definition) is 2. The number of oxime groups is 1. The number of hydrogen-bond acceptors (Lipinski definition) is 7. The van der Waals surface area contributed by atoms with E-state index in [1.165, 1.54) is 18.3 Å². The van der Waals surface area contributed by atoms with Gasteiger partial charge in [0.1, 0.15) is 18.0 Å². The van der Waals surface area contributed by atoms with Crippen LogP contribution in [0.1, 0.15) is 41.6 Å². The SMILES string of the molecule is COc1cccc(CO/N=C/[C@]2(O)CC3CC[C@@H](C2)C3S(=O)(=O)c2cc(C(=O)Nc3cc(F)c(F)c(F)c3)ccc2Cl)c1. The fourth-order valence-corrected chi connectivity index (χ4v) is 8.87. The molecular weight excluding hydrogens is 609 g/mol. The number of amides is 1. The molecule has 1 amide bonds. The second-order valence-corrected chi connectivity index (χ2v) is 13.3. The molecule has 0 aliphatic heterocycles. The normalized spacial score (nSPS) is 23.3. The molecule has 0 spiro atoms. The van der Waals surface area contributed by atoms with E-state index in [0.29, 0.717) is 30.7 Å². The second kappa shape index (κ2) is 12.2. The highest BCUT2D eigenvalue weighted by atomic mass is 35.5. The lowest BCUT2D eigenvalue weighted by molar-refractivity contribution is 0.0410. The molecule has 0 radical (unpaired) electrons. The molecule has 43 heavy (non-hydrogen) atoms. The van der Waals surface area contributed by atoms with Crippen molar-refractivity contribution in [2.75, 3.05) is 12.4 Å². The summed E-state index contributed by atoms with van der Waals surface area (Å²) in [6.07, 6.45) is 2.72. The molecule has 0 heterocycles. The Labute approximate surface area is 251 Å². The van der Waals surface area contributed by atoms with Crippen molar-refractivity contribution in [2.45, 2.75) is 48.0 Å². The van der Waals surface area contributed by atoms with Gasteiger partial charge in [-0.1, -0.05) is 28.9 Å². The van der Waals surface area contributed by atoms with Crippen molar-refractivity contribution in [3.8, 4) is 5.75 Å². The molecule has 3 aromatic rings. The number of fused-ring (bicyclic) bond motifs is 2. The van der Waals surface area contributed by atoms with Gasteiger partial charge in [0.15, 0.2) is 27.3 Å². The Morgan fingerprint density at radius 3 is 2.42 bits per heavy atom. The monoisotopic (exact) mass is 636 g/mol. The van der Waals surface area contributed by atoms with Crippen LogP contribution in [0.25, 0.3) is 0 Å². The van der Waals surface area contributed by atoms with Crippen molar-refractivity contribution in [3.05, 3.63) is 88.2 Å². The van der Waals surface area contributed by atoms with Crippen LogP contribution in [-0.2, 0) is 21.3 Å². The van der Waals surface area contributed by atoms with Gasteiger partial charge >= 0.3 is 0 Å². The maximum atomic E-state index is 13.9. The third-order valence-corrected chi connectivity index (χ3v) is 10.8. The van der Waals surface area contributed by atoms with Gasteiger partial charge in [0, 0.05) is 23.4 Å². The largest absolute Gasteiger partial charge is 0.497 e. The number of rotatable bonds is 9. The third-order valence-electron chi connectivity index (χ3n) is 7.90. The van der Waals surface area contributed by atoms with E-state index in [4.69, 9.17) is 21.2 Å². The minimum Gasteiger partial charge on any atom is -0.497 e. The molecule has 3 aromatic carbocycles. The number of methoxy groups -OCH3 is 1. The predicted octanol–water partition coefficient (Wildman–Crippen LogP) is 5.91. The first kappa shape index (κ1) is 30.8. The summed E-state index contributed by atoms with van der Waals surface area (Å²) in [5.41, 5.74) is -1.02. The standard InChI is InChI=1S/C30H28ClF3N2O6S/c1-41-22-4-2-3-17(9-22)15-42-35-16-30(38)13-19-5-6-20(14-30)28(19)43(39,40)26-10-18(7-8-23(26)31)29(37)36-21-11-24(32)27(34)25(33)12-21/h2-4,7-12,16,19-20,28,38H,5-6,13-15H2,1H3,(H,36,37)/b35-16+/t19-,20?,28?,30+/m0/s1. The average molecular weight is 637 g/mol. The summed E-state index contributed by atoms with van der Waals surface area (Å²) in [5, 5.41) is 16.5. The highest BCUT2D eigenvalue weighted by Gasteiger charge is 2.54. The summed E-state index contributed by atoms with van der Waals surface area (Å²) in [6, 6.07) is 12.1. The van der Waals surface area contributed by atoms with Gasteiger partial charge < -0.3 is 20.0 Å². The van der Waals surface area contributed by atoms with E-state index in [2.05, 4.69) is 10.5 Å². The van der Waals surface area contributed by atoms with Crippen LogP contribution in [0.2, 0.25) is 5.02 Å². The summed E-state index contributed by atoms with van der Waals surface area (Å²) in [5.74, 6) is -5.67. The fraction of sp³-hybridized carbons (Fsp3) is 0.333. The Balaban J connectivity index is 1.29. The van der Waals surface area contributed by atoms with Crippen molar-refractivity contribution < 1.29 is 41.1 Å². The third kappa shape index (κ3) is 6.51. The Morgan fingerprint density at radius 1 is 1.09 bits per heavy atom. The van der Waals surface area contributed by atoms with Crippen LogP contribution in [0.3, 0.4) is 0 Å². The van der Waals surface area contributed by atoms with E-state index in [1.54, 1.807) is 19.2 Å². The van der Waals surface area contributed by atoms with Gasteiger partial charge in [-0.2, -0.15) is 0 Å². The van der Waals surface area contributed by atoms with Gasteiger partial charge in [-0.15, -0.1) is 0 Å². The maximum Gasteiger partial charge on any atom is 0.255 e. The fourth-order valence-electron chi connectivity index (χ4n) is 6.03. The Bertz CT molecular complexity index is 1650. The van der Waals surface area contributed by atoms with Gasteiger partial charge in [-0.25, -0.2) is 21.6 Å². The van der Waals surface area contributed by atoms with Crippen molar-refractivity contribution in [2.24, 2.45) is 17.0 Å². The summed E-state index contributed by atoms with van der Waals surface area (Å²) in [7, 11) is -2.52. The molecule has 13 heteroatoms. The zero-order chi connectivity index (χ0) is 30.9. The Hall–Kier alpha value is -3.61. The summed E-state index contributed by atoms with van der Waals surface area (Å²) in [4.78, 5) is 17.9. The topological polar surface area (TPSA) is 114 Å². The number of carbonyl (C=O) groups excluding carboxylic acids is 1. The Morgan fingerprint density at radius 2 is 1.77 bits per heavy atom. The molecular formula is C30H28ClF3N2O6S. The molecule has 2 bridgehead atoms. The van der Waals surface area contributed by atoms with E-state index in [9.17, 15) is 31.5 Å². The van der Waals surface area contributed by atoms with Crippen molar-refractivity contribution in [1.29, 1.82) is 0 Å². The highest BCUT2D eigenvalue weighted by Crippen LogP contribution is 2.51. The zero-order valence-corrected chi connectivity index (χ0v) is 24.5. The smallest absolute Gasteiger partial charge is 0.255 e. The molecule has 2 N–H and O–H groups in total. The van der Waals surface area contributed by atoms with Crippen LogP contribution in [-0.4, -0.2) is 43.6 Å². The van der Waals surface area contributed by atoms with E-state index in [0.717, 1.165) is 11.6 Å². The number of halogens is 4. The molecule has 0 aromatic heterocycles. The van der Waals surface area contributed by atoms with E-state index >= 15 is 0 Å². The molecule has 8 nitrogen and oxygen atoms in total. The average Bonchev–Trinajstić information content (AvgIpc) is 3.27. The molecule has 2 fully saturated rings. The number of nitrogens with zero attached hydrogens (tertiary/aromatic N) is 1. The number of carbonyl (C=O) groups is 1. The number of sulfone groups is 1. The molecule has 0 saturated heterocycles. The molecule has 4 atom stereocenters. The van der Waals surface area contributed by atoms with Gasteiger partial charge in [-0.3, -0.25) is 4.79 Å². The molecule has 5 rings (SSSR count). The van der Waals surface area contributed by atoms with Gasteiger partial charge in [0.05, 0.1) is 28.5 Å². The predicted molar refractivity (Wildman–Crippen MR) is 153 cm³/mol. The lowest BCUT2D eigenvalue weighted by atomic mass is 9.78. The second-order valence-electron chi connectivity index (χ2n) is 10.8. The number of ether oxygens (including phenoxy) is 1. The van der Waals surface area contributed by atoms with Crippen LogP contribution >= 0.6 is 11.6 Å². The highest BCUT2D eigenvalue weighted by molar-refractivity contribution is 7.92. The number of anilines is 1. The molecule has 228 valence electrons.